The minimum absolute atomic E-state index is 0. The Morgan fingerprint density at radius 1 is 1.58 bits per heavy atom. The number of piperidine rings is 1. The standard InChI is InChI=1S/C14H21N3O.ClH/c1-11-8-15-7-4-12(11)9-17-13(18)14(2)5-3-6-16-10-14;/h4,7-8,16H,3,5-6,9-10H2,1-2H3,(H,17,18);1H. The van der Waals surface area contributed by atoms with E-state index in [0.717, 1.165) is 37.1 Å². The van der Waals surface area contributed by atoms with Crippen LogP contribution in [0.4, 0.5) is 0 Å². The summed E-state index contributed by atoms with van der Waals surface area (Å²) in [5.41, 5.74) is 1.98. The molecule has 1 atom stereocenters. The van der Waals surface area contributed by atoms with E-state index < -0.39 is 0 Å². The molecule has 0 spiro atoms. The highest BCUT2D eigenvalue weighted by atomic mass is 35.5. The van der Waals surface area contributed by atoms with Gasteiger partial charge in [0.15, 0.2) is 0 Å². The number of hydrogen-bond acceptors (Lipinski definition) is 3. The molecule has 5 heteroatoms. The minimum atomic E-state index is -0.265. The lowest BCUT2D eigenvalue weighted by Crippen LogP contribution is -2.48. The van der Waals surface area contributed by atoms with Crippen molar-refractivity contribution in [1.29, 1.82) is 0 Å². The third-order valence-corrected chi connectivity index (χ3v) is 3.72. The second-order valence-corrected chi connectivity index (χ2v) is 5.33. The van der Waals surface area contributed by atoms with Crippen LogP contribution in [0.15, 0.2) is 18.5 Å². The van der Waals surface area contributed by atoms with Gasteiger partial charge in [-0.05, 0) is 50.4 Å². The predicted octanol–water partition coefficient (Wildman–Crippen LogP) is 1.82. The number of amides is 1. The van der Waals surface area contributed by atoms with Crippen LogP contribution in [0.1, 0.15) is 30.9 Å². The monoisotopic (exact) mass is 283 g/mol. The molecule has 2 rings (SSSR count). The number of aromatic nitrogens is 1. The lowest BCUT2D eigenvalue weighted by atomic mass is 9.82. The Hall–Kier alpha value is -1.13. The first-order valence-corrected chi connectivity index (χ1v) is 6.50. The predicted molar refractivity (Wildman–Crippen MR) is 78.3 cm³/mol. The highest BCUT2D eigenvalue weighted by Crippen LogP contribution is 2.25. The van der Waals surface area contributed by atoms with E-state index in [1.165, 1.54) is 0 Å². The van der Waals surface area contributed by atoms with Gasteiger partial charge in [-0.25, -0.2) is 0 Å². The fourth-order valence-electron chi connectivity index (χ4n) is 2.34. The summed E-state index contributed by atoms with van der Waals surface area (Å²) >= 11 is 0. The number of carbonyl (C=O) groups excluding carboxylic acids is 1. The first kappa shape index (κ1) is 15.9. The summed E-state index contributed by atoms with van der Waals surface area (Å²) in [4.78, 5) is 16.3. The molecular formula is C14H22ClN3O. The van der Waals surface area contributed by atoms with Crippen molar-refractivity contribution in [2.45, 2.75) is 33.2 Å². The van der Waals surface area contributed by atoms with E-state index >= 15 is 0 Å². The first-order valence-electron chi connectivity index (χ1n) is 6.50. The molecule has 19 heavy (non-hydrogen) atoms. The molecule has 1 aromatic rings. The van der Waals surface area contributed by atoms with Gasteiger partial charge in [0.05, 0.1) is 5.41 Å². The lowest BCUT2D eigenvalue weighted by molar-refractivity contribution is -0.131. The maximum absolute atomic E-state index is 12.2. The molecular weight excluding hydrogens is 262 g/mol. The van der Waals surface area contributed by atoms with Crippen LogP contribution in [0, 0.1) is 12.3 Å². The zero-order valence-corrected chi connectivity index (χ0v) is 12.3. The molecule has 1 saturated heterocycles. The van der Waals surface area contributed by atoms with Crippen LogP contribution in [0.3, 0.4) is 0 Å². The van der Waals surface area contributed by atoms with E-state index in [0.29, 0.717) is 6.54 Å². The van der Waals surface area contributed by atoms with Gasteiger partial charge in [-0.1, -0.05) is 0 Å². The van der Waals surface area contributed by atoms with Crippen LogP contribution in [-0.2, 0) is 11.3 Å². The van der Waals surface area contributed by atoms with Crippen molar-refractivity contribution >= 4 is 18.3 Å². The molecule has 1 fully saturated rings. The van der Waals surface area contributed by atoms with Crippen molar-refractivity contribution in [2.75, 3.05) is 13.1 Å². The molecule has 0 bridgehead atoms. The molecule has 0 aliphatic carbocycles. The molecule has 1 amide bonds. The molecule has 0 radical (unpaired) electrons. The molecule has 2 N–H and O–H groups in total. The number of hydrogen-bond donors (Lipinski definition) is 2. The summed E-state index contributed by atoms with van der Waals surface area (Å²) in [6, 6.07) is 1.96. The van der Waals surface area contributed by atoms with Crippen LogP contribution >= 0.6 is 12.4 Å². The summed E-state index contributed by atoms with van der Waals surface area (Å²) in [5, 5.41) is 6.34. The van der Waals surface area contributed by atoms with Gasteiger partial charge in [0.2, 0.25) is 5.91 Å². The fraction of sp³-hybridized carbons (Fsp3) is 0.571. The average Bonchev–Trinajstić information content (AvgIpc) is 2.38. The minimum Gasteiger partial charge on any atom is -0.351 e. The maximum Gasteiger partial charge on any atom is 0.227 e. The van der Waals surface area contributed by atoms with Gasteiger partial charge in [0, 0.05) is 25.5 Å². The van der Waals surface area contributed by atoms with Gasteiger partial charge in [-0.3, -0.25) is 9.78 Å². The summed E-state index contributed by atoms with van der Waals surface area (Å²) in [6.07, 6.45) is 5.61. The highest BCUT2D eigenvalue weighted by molar-refractivity contribution is 5.85. The Morgan fingerprint density at radius 2 is 2.37 bits per heavy atom. The Balaban J connectivity index is 0.00000180. The summed E-state index contributed by atoms with van der Waals surface area (Å²) in [5.74, 6) is 0.144. The third kappa shape index (κ3) is 3.91. The molecule has 4 nitrogen and oxygen atoms in total. The number of aryl methyl sites for hydroxylation is 1. The number of nitrogens with zero attached hydrogens (tertiary/aromatic N) is 1. The van der Waals surface area contributed by atoms with E-state index in [9.17, 15) is 4.79 Å². The van der Waals surface area contributed by atoms with Crippen LogP contribution in [-0.4, -0.2) is 24.0 Å². The third-order valence-electron chi connectivity index (χ3n) is 3.72. The molecule has 1 aliphatic rings. The van der Waals surface area contributed by atoms with Crippen LogP contribution in [0.5, 0.6) is 0 Å². The second-order valence-electron chi connectivity index (χ2n) is 5.33. The van der Waals surface area contributed by atoms with Crippen molar-refractivity contribution in [3.63, 3.8) is 0 Å². The zero-order valence-electron chi connectivity index (χ0n) is 11.5. The molecule has 1 aliphatic heterocycles. The highest BCUT2D eigenvalue weighted by Gasteiger charge is 2.34. The molecule has 0 aromatic carbocycles. The van der Waals surface area contributed by atoms with Crippen molar-refractivity contribution in [3.05, 3.63) is 29.6 Å². The molecule has 1 unspecified atom stereocenters. The van der Waals surface area contributed by atoms with E-state index in [2.05, 4.69) is 15.6 Å². The van der Waals surface area contributed by atoms with E-state index in [1.54, 1.807) is 6.20 Å². The van der Waals surface area contributed by atoms with Gasteiger partial charge < -0.3 is 10.6 Å². The van der Waals surface area contributed by atoms with Gasteiger partial charge in [0.1, 0.15) is 0 Å². The Bertz CT molecular complexity index is 430. The van der Waals surface area contributed by atoms with Crippen molar-refractivity contribution in [2.24, 2.45) is 5.41 Å². The van der Waals surface area contributed by atoms with Gasteiger partial charge in [-0.2, -0.15) is 0 Å². The fourth-order valence-corrected chi connectivity index (χ4v) is 2.34. The van der Waals surface area contributed by atoms with Crippen LogP contribution in [0.25, 0.3) is 0 Å². The van der Waals surface area contributed by atoms with Gasteiger partial charge >= 0.3 is 0 Å². The van der Waals surface area contributed by atoms with E-state index in [-0.39, 0.29) is 23.7 Å². The van der Waals surface area contributed by atoms with Crippen molar-refractivity contribution in [1.82, 2.24) is 15.6 Å². The Morgan fingerprint density at radius 3 is 3.00 bits per heavy atom. The number of halogens is 1. The second kappa shape index (κ2) is 6.87. The summed E-state index contributed by atoms with van der Waals surface area (Å²) in [6.45, 7) is 6.43. The average molecular weight is 284 g/mol. The smallest absolute Gasteiger partial charge is 0.227 e. The Labute approximate surface area is 120 Å². The maximum atomic E-state index is 12.2. The number of nitrogens with one attached hydrogen (secondary N) is 2. The first-order chi connectivity index (χ1) is 8.62. The topological polar surface area (TPSA) is 54.0 Å². The summed E-state index contributed by atoms with van der Waals surface area (Å²) in [7, 11) is 0. The van der Waals surface area contributed by atoms with E-state index in [4.69, 9.17) is 0 Å². The zero-order chi connectivity index (χ0) is 13.0. The molecule has 106 valence electrons. The summed E-state index contributed by atoms with van der Waals surface area (Å²) < 4.78 is 0. The van der Waals surface area contributed by atoms with Gasteiger partial charge in [-0.15, -0.1) is 12.4 Å². The Kier molecular flexibility index (Phi) is 5.76. The number of rotatable bonds is 3. The van der Waals surface area contributed by atoms with E-state index in [1.807, 2.05) is 26.1 Å². The molecule has 0 saturated carbocycles. The van der Waals surface area contributed by atoms with Gasteiger partial charge in [0.25, 0.3) is 0 Å². The number of pyridine rings is 1. The van der Waals surface area contributed by atoms with Crippen LogP contribution in [0.2, 0.25) is 0 Å². The quantitative estimate of drug-likeness (QED) is 0.890. The SMILES string of the molecule is Cc1cnccc1CNC(=O)C1(C)CCCNC1.Cl. The van der Waals surface area contributed by atoms with Crippen molar-refractivity contribution < 1.29 is 4.79 Å². The normalized spacial score (nSPS) is 22.4. The lowest BCUT2D eigenvalue weighted by Gasteiger charge is -2.32. The van der Waals surface area contributed by atoms with Crippen molar-refractivity contribution in [3.8, 4) is 0 Å². The largest absolute Gasteiger partial charge is 0.351 e. The molecule has 1 aromatic heterocycles. The number of carbonyl (C=O) groups is 1. The van der Waals surface area contributed by atoms with Crippen LogP contribution < -0.4 is 10.6 Å². The molecule has 2 heterocycles.